The van der Waals surface area contributed by atoms with Gasteiger partial charge in [0.2, 0.25) is 0 Å². The largest absolute Gasteiger partial charge is 0.496 e. The number of hydrogen-bond donors (Lipinski definition) is 1. The van der Waals surface area contributed by atoms with Crippen LogP contribution in [0, 0.1) is 6.92 Å². The van der Waals surface area contributed by atoms with Gasteiger partial charge in [0.25, 0.3) is 5.91 Å². The molecule has 1 N–H and O–H groups in total. The van der Waals surface area contributed by atoms with E-state index in [0.717, 1.165) is 16.7 Å². The molecular formula is C25H29FN5O2P. The van der Waals surface area contributed by atoms with Crippen LogP contribution in [-0.4, -0.2) is 46.5 Å². The van der Waals surface area contributed by atoms with E-state index in [0.29, 0.717) is 41.6 Å². The maximum atomic E-state index is 14.7. The summed E-state index contributed by atoms with van der Waals surface area (Å²) in [4.78, 5) is 28.3. The van der Waals surface area contributed by atoms with E-state index in [1.165, 1.54) is 12.4 Å². The molecule has 0 radical (unpaired) electrons. The fourth-order valence-electron chi connectivity index (χ4n) is 3.99. The van der Waals surface area contributed by atoms with Crippen molar-refractivity contribution in [1.29, 1.82) is 0 Å². The van der Waals surface area contributed by atoms with E-state index < -0.39 is 5.41 Å². The molecule has 3 aromatic rings. The number of nitrogens with one attached hydrogen (secondary N) is 1. The van der Waals surface area contributed by atoms with Gasteiger partial charge in [-0.2, -0.15) is 0 Å². The summed E-state index contributed by atoms with van der Waals surface area (Å²) >= 11 is 0. The van der Waals surface area contributed by atoms with Crippen LogP contribution in [0.15, 0.2) is 42.9 Å². The van der Waals surface area contributed by atoms with Crippen molar-refractivity contribution in [2.24, 2.45) is 0 Å². The van der Waals surface area contributed by atoms with Gasteiger partial charge in [0.1, 0.15) is 17.0 Å². The van der Waals surface area contributed by atoms with Crippen LogP contribution in [0.3, 0.4) is 0 Å². The summed E-state index contributed by atoms with van der Waals surface area (Å²) < 4.78 is 20.3. The Hall–Kier alpha value is -3.12. The average molecular weight is 482 g/mol. The van der Waals surface area contributed by atoms with Crippen LogP contribution in [0.25, 0.3) is 11.1 Å². The lowest BCUT2D eigenvalue weighted by molar-refractivity contribution is 0.102. The maximum absolute atomic E-state index is 14.7. The summed E-state index contributed by atoms with van der Waals surface area (Å²) in [6.45, 7) is 6.62. The number of nitrogens with zero attached hydrogens (tertiary/aromatic N) is 4. The molecule has 0 spiro atoms. The van der Waals surface area contributed by atoms with E-state index in [1.807, 2.05) is 49.9 Å². The summed E-state index contributed by atoms with van der Waals surface area (Å²) in [6.07, 6.45) is 5.07. The van der Waals surface area contributed by atoms with Crippen molar-refractivity contribution in [3.05, 3.63) is 59.8 Å². The Morgan fingerprint density at radius 3 is 2.56 bits per heavy atom. The zero-order chi connectivity index (χ0) is 24.5. The Kier molecular flexibility index (Phi) is 6.80. The number of carbonyl (C=O) groups is 1. The Morgan fingerprint density at radius 1 is 1.21 bits per heavy atom. The van der Waals surface area contributed by atoms with Gasteiger partial charge >= 0.3 is 0 Å². The topological polar surface area (TPSA) is 80.2 Å². The number of halogens is 1. The lowest BCUT2D eigenvalue weighted by Gasteiger charge is -2.24. The lowest BCUT2D eigenvalue weighted by Crippen LogP contribution is -2.26. The molecule has 7 nitrogen and oxygen atoms in total. The summed E-state index contributed by atoms with van der Waals surface area (Å²) in [5, 5.41) is 1.61. The standard InChI is InChI=1S/C25H29FN5O2P/c1-15(2)22-28-12-17(13-29-22)24(32)30-21-18(19-11-16(3)5-6-20(19)33-4)7-9-27-23(21)31-10-8-25(26,34)14-31/h5-7,9,11-13,15H,8,10,14,34H2,1-4H3,(H,30,32). The molecule has 1 amide bonds. The molecule has 1 saturated heterocycles. The highest BCUT2D eigenvalue weighted by molar-refractivity contribution is 7.18. The highest BCUT2D eigenvalue weighted by Crippen LogP contribution is 2.42. The Bertz CT molecular complexity index is 1200. The van der Waals surface area contributed by atoms with E-state index >= 15 is 0 Å². The summed E-state index contributed by atoms with van der Waals surface area (Å²) in [5.74, 6) is 1.63. The van der Waals surface area contributed by atoms with Gasteiger partial charge in [0, 0.05) is 48.6 Å². The second-order valence-electron chi connectivity index (χ2n) is 8.91. The highest BCUT2D eigenvalue weighted by atomic mass is 31.0. The van der Waals surface area contributed by atoms with Crippen molar-refractivity contribution < 1.29 is 13.9 Å². The third-order valence-corrected chi connectivity index (χ3v) is 6.29. The molecule has 1 aliphatic rings. The number of ether oxygens (including phenoxy) is 1. The Labute approximate surface area is 201 Å². The summed E-state index contributed by atoms with van der Waals surface area (Å²) in [7, 11) is 3.89. The van der Waals surface area contributed by atoms with Crippen LogP contribution in [0.2, 0.25) is 0 Å². The third-order valence-electron chi connectivity index (χ3n) is 5.82. The van der Waals surface area contributed by atoms with Crippen LogP contribution in [0.4, 0.5) is 15.9 Å². The first-order chi connectivity index (χ1) is 16.2. The fourth-order valence-corrected chi connectivity index (χ4v) is 4.34. The van der Waals surface area contributed by atoms with E-state index in [1.54, 1.807) is 13.3 Å². The minimum atomic E-state index is -1.40. The van der Waals surface area contributed by atoms with E-state index in [2.05, 4.69) is 29.5 Å². The number of carbonyl (C=O) groups excluding carboxylic acids is 1. The molecular weight excluding hydrogens is 452 g/mol. The van der Waals surface area contributed by atoms with Crippen molar-refractivity contribution in [1.82, 2.24) is 15.0 Å². The van der Waals surface area contributed by atoms with Gasteiger partial charge in [-0.15, -0.1) is 0 Å². The monoisotopic (exact) mass is 481 g/mol. The van der Waals surface area contributed by atoms with Crippen LogP contribution in [0.5, 0.6) is 5.75 Å². The minimum absolute atomic E-state index is 0.158. The van der Waals surface area contributed by atoms with Crippen molar-refractivity contribution >= 4 is 26.7 Å². The number of methoxy groups -OCH3 is 1. The second-order valence-corrected chi connectivity index (χ2v) is 9.94. The fraction of sp³-hybridized carbons (Fsp3) is 0.360. The maximum Gasteiger partial charge on any atom is 0.258 e. The average Bonchev–Trinajstić information content (AvgIpc) is 3.18. The quantitative estimate of drug-likeness (QED) is 0.500. The van der Waals surface area contributed by atoms with E-state index in [4.69, 9.17) is 4.74 Å². The number of rotatable bonds is 6. The highest BCUT2D eigenvalue weighted by Gasteiger charge is 2.36. The Morgan fingerprint density at radius 2 is 1.94 bits per heavy atom. The van der Waals surface area contributed by atoms with Gasteiger partial charge in [0.05, 0.1) is 24.9 Å². The van der Waals surface area contributed by atoms with Gasteiger partial charge in [-0.25, -0.2) is 19.3 Å². The van der Waals surface area contributed by atoms with Gasteiger partial charge in [-0.1, -0.05) is 34.7 Å². The Balaban J connectivity index is 1.80. The van der Waals surface area contributed by atoms with E-state index in [9.17, 15) is 9.18 Å². The van der Waals surface area contributed by atoms with Crippen molar-refractivity contribution in [3.8, 4) is 16.9 Å². The minimum Gasteiger partial charge on any atom is -0.496 e. The first kappa shape index (κ1) is 24.0. The van der Waals surface area contributed by atoms with Gasteiger partial charge in [0.15, 0.2) is 5.82 Å². The number of amides is 1. The second kappa shape index (κ2) is 9.63. The molecule has 3 heterocycles. The normalized spacial score (nSPS) is 17.8. The van der Waals surface area contributed by atoms with Crippen LogP contribution >= 0.6 is 9.24 Å². The predicted molar refractivity (Wildman–Crippen MR) is 135 cm³/mol. The number of pyridine rings is 1. The molecule has 1 aliphatic heterocycles. The molecule has 4 rings (SSSR count). The smallest absolute Gasteiger partial charge is 0.258 e. The number of aromatic nitrogens is 3. The molecule has 178 valence electrons. The number of benzene rings is 1. The van der Waals surface area contributed by atoms with Gasteiger partial charge in [-0.05, 0) is 25.1 Å². The van der Waals surface area contributed by atoms with Crippen LogP contribution < -0.4 is 15.0 Å². The molecule has 0 bridgehead atoms. The summed E-state index contributed by atoms with van der Waals surface area (Å²) in [5.41, 5.74) is 3.40. The van der Waals surface area contributed by atoms with Crippen molar-refractivity contribution in [3.63, 3.8) is 0 Å². The van der Waals surface area contributed by atoms with E-state index in [-0.39, 0.29) is 18.4 Å². The number of aryl methyl sites for hydroxylation is 1. The molecule has 1 fully saturated rings. The van der Waals surface area contributed by atoms with Crippen LogP contribution in [-0.2, 0) is 0 Å². The van der Waals surface area contributed by atoms with Crippen LogP contribution in [0.1, 0.15) is 47.9 Å². The first-order valence-corrected chi connectivity index (χ1v) is 11.8. The molecule has 2 atom stereocenters. The first-order valence-electron chi connectivity index (χ1n) is 11.2. The number of hydrogen-bond acceptors (Lipinski definition) is 6. The van der Waals surface area contributed by atoms with Crippen molar-refractivity contribution in [2.45, 2.75) is 38.5 Å². The molecule has 2 aromatic heterocycles. The van der Waals surface area contributed by atoms with Gasteiger partial charge < -0.3 is 15.0 Å². The number of anilines is 2. The molecule has 9 heteroatoms. The predicted octanol–water partition coefficient (Wildman–Crippen LogP) is 4.98. The molecule has 1 aromatic carbocycles. The third kappa shape index (κ3) is 5.02. The molecule has 2 unspecified atom stereocenters. The van der Waals surface area contributed by atoms with Crippen molar-refractivity contribution in [2.75, 3.05) is 30.4 Å². The van der Waals surface area contributed by atoms with Gasteiger partial charge in [-0.3, -0.25) is 4.79 Å². The SMILES string of the molecule is COc1ccc(C)cc1-c1ccnc(N2CCC(F)(P)C2)c1NC(=O)c1cnc(C(C)C)nc1. The molecule has 0 aliphatic carbocycles. The molecule has 34 heavy (non-hydrogen) atoms. The summed E-state index contributed by atoms with van der Waals surface area (Å²) in [6, 6.07) is 7.67. The zero-order valence-corrected chi connectivity index (χ0v) is 21.0. The molecule has 0 saturated carbocycles. The zero-order valence-electron chi connectivity index (χ0n) is 19.8. The number of alkyl halides is 1. The lowest BCUT2D eigenvalue weighted by atomic mass is 10.0.